The molecule has 0 unspecified atom stereocenters. The Morgan fingerprint density at radius 1 is 1.21 bits per heavy atom. The highest BCUT2D eigenvalue weighted by Crippen LogP contribution is 2.36. The zero-order valence-electron chi connectivity index (χ0n) is 15.5. The van der Waals surface area contributed by atoms with E-state index in [0.29, 0.717) is 11.6 Å². The quantitative estimate of drug-likeness (QED) is 0.725. The maximum atomic E-state index is 12.1. The summed E-state index contributed by atoms with van der Waals surface area (Å²) < 4.78 is 5.60. The topological polar surface area (TPSA) is 129 Å². The van der Waals surface area contributed by atoms with Gasteiger partial charge in [-0.05, 0) is 32.1 Å². The van der Waals surface area contributed by atoms with Gasteiger partial charge in [-0.15, -0.1) is 0 Å². The van der Waals surface area contributed by atoms with Crippen LogP contribution in [-0.4, -0.2) is 38.4 Å². The van der Waals surface area contributed by atoms with Crippen molar-refractivity contribution < 1.29 is 9.53 Å². The summed E-state index contributed by atoms with van der Waals surface area (Å²) in [5.41, 5.74) is 1.20. The van der Waals surface area contributed by atoms with Gasteiger partial charge >= 0.3 is 6.09 Å². The van der Waals surface area contributed by atoms with Crippen LogP contribution in [-0.2, 0) is 4.74 Å². The first-order chi connectivity index (χ1) is 13.7. The van der Waals surface area contributed by atoms with E-state index in [1.165, 1.54) is 25.2 Å². The smallest absolute Gasteiger partial charge is 0.407 e. The van der Waals surface area contributed by atoms with Crippen molar-refractivity contribution in [3.63, 3.8) is 0 Å². The number of aromatic amines is 1. The lowest BCUT2D eigenvalue weighted by Crippen LogP contribution is -2.35. The predicted octanol–water partition coefficient (Wildman–Crippen LogP) is 3.12. The zero-order valence-corrected chi connectivity index (χ0v) is 15.5. The number of nitrogens with one attached hydrogen (secondary N) is 3. The van der Waals surface area contributed by atoms with E-state index in [1.54, 1.807) is 0 Å². The summed E-state index contributed by atoms with van der Waals surface area (Å²) in [5.74, 6) is 1.49. The molecule has 2 heterocycles. The van der Waals surface area contributed by atoms with E-state index in [4.69, 9.17) is 10.00 Å². The van der Waals surface area contributed by atoms with Crippen molar-refractivity contribution in [2.24, 2.45) is 0 Å². The van der Waals surface area contributed by atoms with Crippen LogP contribution in [0.2, 0.25) is 0 Å². The molecule has 2 saturated carbocycles. The second-order valence-corrected chi connectivity index (χ2v) is 7.39. The van der Waals surface area contributed by atoms with Gasteiger partial charge in [0, 0.05) is 18.0 Å². The Balaban J connectivity index is 1.28. The molecule has 2 fully saturated rings. The van der Waals surface area contributed by atoms with Crippen LogP contribution in [0.1, 0.15) is 62.3 Å². The van der Waals surface area contributed by atoms with Gasteiger partial charge in [0.1, 0.15) is 23.8 Å². The number of amides is 1. The molecule has 0 spiro atoms. The SMILES string of the molecule is N#Cc1cnc(Nc2cc([C@H]3CC[C@@H](OC(=O)NC4CCCC4)C3)n[nH]2)cn1. The van der Waals surface area contributed by atoms with E-state index in [0.717, 1.165) is 37.8 Å². The molecule has 4 rings (SSSR count). The fraction of sp³-hybridized carbons (Fsp3) is 0.526. The number of anilines is 2. The van der Waals surface area contributed by atoms with Gasteiger partial charge in [0.15, 0.2) is 5.69 Å². The van der Waals surface area contributed by atoms with Gasteiger partial charge < -0.3 is 15.4 Å². The van der Waals surface area contributed by atoms with Crippen LogP contribution in [0.5, 0.6) is 0 Å². The van der Waals surface area contributed by atoms with Crippen molar-refractivity contribution in [1.29, 1.82) is 5.26 Å². The summed E-state index contributed by atoms with van der Waals surface area (Å²) in [7, 11) is 0. The molecule has 0 aliphatic heterocycles. The lowest BCUT2D eigenvalue weighted by molar-refractivity contribution is 0.0971. The highest BCUT2D eigenvalue weighted by molar-refractivity contribution is 5.67. The van der Waals surface area contributed by atoms with E-state index in [9.17, 15) is 4.79 Å². The molecular formula is C19H23N7O2. The van der Waals surface area contributed by atoms with Crippen molar-refractivity contribution >= 4 is 17.7 Å². The number of rotatable bonds is 5. The molecule has 0 bridgehead atoms. The van der Waals surface area contributed by atoms with Crippen molar-refractivity contribution in [2.75, 3.05) is 5.32 Å². The minimum absolute atomic E-state index is 0.0658. The maximum Gasteiger partial charge on any atom is 0.407 e. The van der Waals surface area contributed by atoms with Gasteiger partial charge in [0.25, 0.3) is 0 Å². The minimum Gasteiger partial charge on any atom is -0.446 e. The number of ether oxygens (including phenoxy) is 1. The number of nitrogens with zero attached hydrogens (tertiary/aromatic N) is 4. The summed E-state index contributed by atoms with van der Waals surface area (Å²) in [6.45, 7) is 0. The Kier molecular flexibility index (Phi) is 5.37. The third kappa shape index (κ3) is 4.39. The number of alkyl carbamates (subject to hydrolysis) is 1. The van der Waals surface area contributed by atoms with E-state index >= 15 is 0 Å². The largest absolute Gasteiger partial charge is 0.446 e. The van der Waals surface area contributed by atoms with Crippen LogP contribution in [0.15, 0.2) is 18.5 Å². The van der Waals surface area contributed by atoms with Crippen LogP contribution in [0.3, 0.4) is 0 Å². The van der Waals surface area contributed by atoms with Crippen LogP contribution >= 0.6 is 0 Å². The first kappa shape index (κ1) is 18.2. The molecular weight excluding hydrogens is 358 g/mol. The molecule has 1 amide bonds. The average Bonchev–Trinajstić information content (AvgIpc) is 3.44. The summed E-state index contributed by atoms with van der Waals surface area (Å²) >= 11 is 0. The fourth-order valence-corrected chi connectivity index (χ4v) is 3.94. The lowest BCUT2D eigenvalue weighted by Gasteiger charge is -2.16. The van der Waals surface area contributed by atoms with E-state index < -0.39 is 0 Å². The van der Waals surface area contributed by atoms with Crippen LogP contribution in [0, 0.1) is 11.3 Å². The molecule has 28 heavy (non-hydrogen) atoms. The number of aromatic nitrogens is 4. The Morgan fingerprint density at radius 3 is 2.82 bits per heavy atom. The van der Waals surface area contributed by atoms with Gasteiger partial charge in [-0.1, -0.05) is 12.8 Å². The Labute approximate surface area is 162 Å². The van der Waals surface area contributed by atoms with Gasteiger partial charge in [0.05, 0.1) is 18.1 Å². The summed E-state index contributed by atoms with van der Waals surface area (Å²) in [6, 6.07) is 4.14. The minimum atomic E-state index is -0.290. The van der Waals surface area contributed by atoms with Gasteiger partial charge in [0.2, 0.25) is 0 Å². The van der Waals surface area contributed by atoms with Crippen LogP contribution in [0.4, 0.5) is 16.4 Å². The predicted molar refractivity (Wildman–Crippen MR) is 101 cm³/mol. The molecule has 0 saturated heterocycles. The normalized spacial score (nSPS) is 22.0. The fourth-order valence-electron chi connectivity index (χ4n) is 3.94. The van der Waals surface area contributed by atoms with Crippen molar-refractivity contribution in [3.05, 3.63) is 29.8 Å². The number of carbonyl (C=O) groups excluding carboxylic acids is 1. The van der Waals surface area contributed by atoms with E-state index in [-0.39, 0.29) is 29.9 Å². The second-order valence-electron chi connectivity index (χ2n) is 7.39. The second kappa shape index (κ2) is 8.25. The lowest BCUT2D eigenvalue weighted by atomic mass is 10.0. The highest BCUT2D eigenvalue weighted by atomic mass is 16.6. The van der Waals surface area contributed by atoms with E-state index in [1.807, 2.05) is 12.1 Å². The zero-order chi connectivity index (χ0) is 19.3. The average molecular weight is 381 g/mol. The van der Waals surface area contributed by atoms with Crippen LogP contribution in [0.25, 0.3) is 0 Å². The number of hydrogen-bond acceptors (Lipinski definition) is 7. The molecule has 0 aromatic carbocycles. The molecule has 2 aliphatic rings. The van der Waals surface area contributed by atoms with Gasteiger partial charge in [-0.25, -0.2) is 14.8 Å². The van der Waals surface area contributed by atoms with Crippen molar-refractivity contribution in [1.82, 2.24) is 25.5 Å². The first-order valence-electron chi connectivity index (χ1n) is 9.71. The molecule has 146 valence electrons. The number of nitriles is 1. The molecule has 2 aromatic heterocycles. The summed E-state index contributed by atoms with van der Waals surface area (Å²) in [4.78, 5) is 20.2. The molecule has 9 heteroatoms. The highest BCUT2D eigenvalue weighted by Gasteiger charge is 2.31. The number of H-pyrrole nitrogens is 1. The van der Waals surface area contributed by atoms with Crippen LogP contribution < -0.4 is 10.6 Å². The Bertz CT molecular complexity index is 852. The number of hydrogen-bond donors (Lipinski definition) is 3. The van der Waals surface area contributed by atoms with Crippen molar-refractivity contribution in [3.8, 4) is 6.07 Å². The van der Waals surface area contributed by atoms with Gasteiger partial charge in [-0.2, -0.15) is 10.4 Å². The summed E-state index contributed by atoms with van der Waals surface area (Å²) in [5, 5.41) is 22.2. The molecule has 0 radical (unpaired) electrons. The Hall–Kier alpha value is -3.15. The van der Waals surface area contributed by atoms with E-state index in [2.05, 4.69) is 30.8 Å². The number of carbonyl (C=O) groups is 1. The standard InChI is InChI=1S/C19H23N7O2/c20-9-14-10-22-18(11-21-14)24-17-8-16(25-26-17)12-5-6-15(7-12)28-19(27)23-13-3-1-2-4-13/h8,10-13,15H,1-7H2,(H,23,27)(H2,22,24,25,26)/t12-,15+/m0/s1. The molecule has 2 aliphatic carbocycles. The Morgan fingerprint density at radius 2 is 2.07 bits per heavy atom. The summed E-state index contributed by atoms with van der Waals surface area (Å²) in [6.07, 6.45) is 9.58. The van der Waals surface area contributed by atoms with Gasteiger partial charge in [-0.3, -0.25) is 5.10 Å². The monoisotopic (exact) mass is 381 g/mol. The third-order valence-corrected chi connectivity index (χ3v) is 5.38. The molecule has 9 nitrogen and oxygen atoms in total. The van der Waals surface area contributed by atoms with Crippen molar-refractivity contribution in [2.45, 2.75) is 63.0 Å². The first-order valence-corrected chi connectivity index (χ1v) is 9.71. The molecule has 3 N–H and O–H groups in total. The molecule has 2 atom stereocenters. The third-order valence-electron chi connectivity index (χ3n) is 5.38. The molecule has 2 aromatic rings. The maximum absolute atomic E-state index is 12.1.